The van der Waals surface area contributed by atoms with Gasteiger partial charge in [-0.15, -0.1) is 0 Å². The first-order chi connectivity index (χ1) is 11.5. The predicted octanol–water partition coefficient (Wildman–Crippen LogP) is 3.47. The second-order valence-electron chi connectivity index (χ2n) is 5.65. The molecule has 124 valence electrons. The summed E-state index contributed by atoms with van der Waals surface area (Å²) in [5, 5.41) is 6.64. The number of carbonyl (C=O) groups is 1. The molecule has 1 aromatic carbocycles. The number of carbonyl (C=O) groups excluding carboxylic acids is 1. The van der Waals surface area contributed by atoms with Gasteiger partial charge in [-0.25, -0.2) is 18.3 Å². The summed E-state index contributed by atoms with van der Waals surface area (Å²) in [5.41, 5.74) is 1.05. The molecular weight excluding hydrogens is 314 g/mol. The highest BCUT2D eigenvalue weighted by atomic mass is 19.3. The number of rotatable bonds is 4. The molecule has 1 N–H and O–H groups in total. The van der Waals surface area contributed by atoms with E-state index >= 15 is 0 Å². The molecule has 0 radical (unpaired) electrons. The van der Waals surface area contributed by atoms with Crippen LogP contribution in [0.1, 0.15) is 36.3 Å². The third-order valence-electron chi connectivity index (χ3n) is 3.46. The third-order valence-corrected chi connectivity index (χ3v) is 3.46. The summed E-state index contributed by atoms with van der Waals surface area (Å²) in [6, 6.07) is 10.2. The van der Waals surface area contributed by atoms with Gasteiger partial charge in [0.1, 0.15) is 11.3 Å². The summed E-state index contributed by atoms with van der Waals surface area (Å²) in [7, 11) is 0. The van der Waals surface area contributed by atoms with Gasteiger partial charge in [-0.05, 0) is 19.9 Å². The number of fused-ring (bicyclic) bond motifs is 1. The number of aromatic nitrogens is 3. The van der Waals surface area contributed by atoms with Crippen molar-refractivity contribution in [3.8, 4) is 11.3 Å². The van der Waals surface area contributed by atoms with Crippen LogP contribution in [-0.4, -0.2) is 26.5 Å². The van der Waals surface area contributed by atoms with Gasteiger partial charge in [0.05, 0.1) is 11.9 Å². The van der Waals surface area contributed by atoms with Gasteiger partial charge in [0, 0.05) is 11.6 Å². The number of alkyl halides is 2. The van der Waals surface area contributed by atoms with Crippen LogP contribution in [0.2, 0.25) is 0 Å². The van der Waals surface area contributed by atoms with Gasteiger partial charge in [-0.1, -0.05) is 30.3 Å². The molecular formula is C17H16F2N4O. The van der Waals surface area contributed by atoms with Gasteiger partial charge in [-0.2, -0.15) is 5.10 Å². The Bertz CT molecular complexity index is 875. The van der Waals surface area contributed by atoms with Gasteiger partial charge < -0.3 is 5.32 Å². The highest BCUT2D eigenvalue weighted by Crippen LogP contribution is 2.26. The SMILES string of the molecule is CC(C)NC(=O)c1cnn2c(C(F)F)cc(-c3ccccc3)nc12. The van der Waals surface area contributed by atoms with E-state index in [2.05, 4.69) is 15.4 Å². The van der Waals surface area contributed by atoms with E-state index in [1.807, 2.05) is 19.9 Å². The van der Waals surface area contributed by atoms with Crippen LogP contribution in [-0.2, 0) is 0 Å². The van der Waals surface area contributed by atoms with Crippen LogP contribution in [0.4, 0.5) is 8.78 Å². The first kappa shape index (κ1) is 16.0. The molecule has 0 aliphatic heterocycles. The molecule has 3 rings (SSSR count). The predicted molar refractivity (Wildman–Crippen MR) is 86.0 cm³/mol. The Morgan fingerprint density at radius 3 is 2.54 bits per heavy atom. The maximum absolute atomic E-state index is 13.4. The van der Waals surface area contributed by atoms with Crippen molar-refractivity contribution < 1.29 is 13.6 Å². The molecule has 2 aromatic heterocycles. The Labute approximate surface area is 137 Å². The van der Waals surface area contributed by atoms with Crippen LogP contribution in [0.15, 0.2) is 42.6 Å². The monoisotopic (exact) mass is 330 g/mol. The molecule has 0 aliphatic carbocycles. The average molecular weight is 330 g/mol. The van der Waals surface area contributed by atoms with Crippen molar-refractivity contribution in [1.82, 2.24) is 19.9 Å². The standard InChI is InChI=1S/C17H16F2N4O/c1-10(2)21-17(24)12-9-20-23-14(15(18)19)8-13(22-16(12)23)11-6-4-3-5-7-11/h3-10,15H,1-2H3,(H,21,24). The molecule has 7 heteroatoms. The largest absolute Gasteiger partial charge is 0.350 e. The number of amides is 1. The zero-order chi connectivity index (χ0) is 17.3. The fourth-order valence-electron chi connectivity index (χ4n) is 2.40. The molecule has 24 heavy (non-hydrogen) atoms. The molecule has 0 unspecified atom stereocenters. The van der Waals surface area contributed by atoms with Gasteiger partial charge in [0.25, 0.3) is 12.3 Å². The summed E-state index contributed by atoms with van der Waals surface area (Å²) in [4.78, 5) is 16.7. The number of benzene rings is 1. The molecule has 0 saturated heterocycles. The van der Waals surface area contributed by atoms with E-state index in [-0.39, 0.29) is 22.9 Å². The molecule has 0 bridgehead atoms. The minimum absolute atomic E-state index is 0.0840. The first-order valence-electron chi connectivity index (χ1n) is 7.50. The lowest BCUT2D eigenvalue weighted by atomic mass is 10.1. The fourth-order valence-corrected chi connectivity index (χ4v) is 2.40. The lowest BCUT2D eigenvalue weighted by Gasteiger charge is -2.09. The molecule has 0 spiro atoms. The summed E-state index contributed by atoms with van der Waals surface area (Å²) in [5.74, 6) is -0.391. The van der Waals surface area contributed by atoms with E-state index in [1.54, 1.807) is 24.3 Å². The Morgan fingerprint density at radius 2 is 1.92 bits per heavy atom. The first-order valence-corrected chi connectivity index (χ1v) is 7.50. The second kappa shape index (κ2) is 6.35. The van der Waals surface area contributed by atoms with Crippen LogP contribution in [0.5, 0.6) is 0 Å². The van der Waals surface area contributed by atoms with Crippen LogP contribution < -0.4 is 5.32 Å². The highest BCUT2D eigenvalue weighted by Gasteiger charge is 2.21. The summed E-state index contributed by atoms with van der Waals surface area (Å²) >= 11 is 0. The molecule has 2 heterocycles. The Balaban J connectivity index is 2.20. The molecule has 3 aromatic rings. The topological polar surface area (TPSA) is 59.3 Å². The van der Waals surface area contributed by atoms with Gasteiger partial charge in [0.15, 0.2) is 5.65 Å². The molecule has 0 fully saturated rings. The Kier molecular flexibility index (Phi) is 4.24. The molecule has 0 atom stereocenters. The summed E-state index contributed by atoms with van der Waals surface area (Å²) in [6.45, 7) is 3.63. The zero-order valence-corrected chi connectivity index (χ0v) is 13.2. The second-order valence-corrected chi connectivity index (χ2v) is 5.65. The van der Waals surface area contributed by atoms with E-state index in [0.717, 1.165) is 4.52 Å². The Hall–Kier alpha value is -2.83. The van der Waals surface area contributed by atoms with Crippen molar-refractivity contribution in [1.29, 1.82) is 0 Å². The number of nitrogens with one attached hydrogen (secondary N) is 1. The van der Waals surface area contributed by atoms with Crippen molar-refractivity contribution in [3.63, 3.8) is 0 Å². The van der Waals surface area contributed by atoms with Crippen LogP contribution >= 0.6 is 0 Å². The minimum atomic E-state index is -2.74. The lowest BCUT2D eigenvalue weighted by Crippen LogP contribution is -2.30. The van der Waals surface area contributed by atoms with E-state index in [4.69, 9.17) is 0 Å². The van der Waals surface area contributed by atoms with Crippen molar-refractivity contribution >= 4 is 11.6 Å². The normalized spacial score (nSPS) is 11.4. The van der Waals surface area contributed by atoms with Crippen LogP contribution in [0.25, 0.3) is 16.9 Å². The smallest absolute Gasteiger partial charge is 0.280 e. The number of nitrogens with zero attached hydrogens (tertiary/aromatic N) is 3. The van der Waals surface area contributed by atoms with E-state index in [1.165, 1.54) is 12.3 Å². The molecule has 0 saturated carbocycles. The third kappa shape index (κ3) is 2.97. The van der Waals surface area contributed by atoms with E-state index in [0.29, 0.717) is 11.3 Å². The van der Waals surface area contributed by atoms with Gasteiger partial charge >= 0.3 is 0 Å². The zero-order valence-electron chi connectivity index (χ0n) is 13.2. The van der Waals surface area contributed by atoms with Crippen LogP contribution in [0.3, 0.4) is 0 Å². The van der Waals surface area contributed by atoms with Crippen LogP contribution in [0, 0.1) is 0 Å². The maximum atomic E-state index is 13.4. The minimum Gasteiger partial charge on any atom is -0.350 e. The van der Waals surface area contributed by atoms with Crippen molar-refractivity contribution in [2.75, 3.05) is 0 Å². The van der Waals surface area contributed by atoms with E-state index < -0.39 is 12.3 Å². The van der Waals surface area contributed by atoms with Crippen molar-refractivity contribution in [2.24, 2.45) is 0 Å². The summed E-state index contributed by atoms with van der Waals surface area (Å²) in [6.07, 6.45) is -1.47. The highest BCUT2D eigenvalue weighted by molar-refractivity contribution is 6.00. The lowest BCUT2D eigenvalue weighted by molar-refractivity contribution is 0.0944. The Morgan fingerprint density at radius 1 is 1.21 bits per heavy atom. The van der Waals surface area contributed by atoms with Gasteiger partial charge in [-0.3, -0.25) is 4.79 Å². The van der Waals surface area contributed by atoms with E-state index in [9.17, 15) is 13.6 Å². The quantitative estimate of drug-likeness (QED) is 0.797. The van der Waals surface area contributed by atoms with Crippen molar-refractivity contribution in [3.05, 3.63) is 53.9 Å². The maximum Gasteiger partial charge on any atom is 0.280 e. The molecule has 0 aliphatic rings. The number of hydrogen-bond acceptors (Lipinski definition) is 3. The fraction of sp³-hybridized carbons (Fsp3) is 0.235. The molecule has 5 nitrogen and oxygen atoms in total. The number of halogens is 2. The molecule has 1 amide bonds. The average Bonchev–Trinajstić information content (AvgIpc) is 2.98. The summed E-state index contributed by atoms with van der Waals surface area (Å²) < 4.78 is 27.9. The van der Waals surface area contributed by atoms with Gasteiger partial charge in [0.2, 0.25) is 0 Å². The number of hydrogen-bond donors (Lipinski definition) is 1. The van der Waals surface area contributed by atoms with Crippen molar-refractivity contribution in [2.45, 2.75) is 26.3 Å².